The summed E-state index contributed by atoms with van der Waals surface area (Å²) in [5, 5.41) is 15.2. The molecule has 2 amide bonds. The molecule has 0 aliphatic carbocycles. The Balaban J connectivity index is 1.62. The van der Waals surface area contributed by atoms with Gasteiger partial charge in [-0.15, -0.1) is 10.2 Å². The number of aromatic nitrogens is 3. The molecule has 1 aromatic heterocycles. The smallest absolute Gasteiger partial charge is 0.251 e. The number of amides is 2. The minimum atomic E-state index is -0.304. The Hall–Kier alpha value is -3.13. The lowest BCUT2D eigenvalue weighted by atomic mass is 10.0. The third-order valence-electron chi connectivity index (χ3n) is 5.05. The highest BCUT2D eigenvalue weighted by atomic mass is 32.2. The average molecular weight is 452 g/mol. The van der Waals surface area contributed by atoms with Crippen molar-refractivity contribution in [3.63, 3.8) is 0 Å². The molecule has 0 saturated carbocycles. The zero-order valence-electron chi connectivity index (χ0n) is 18.8. The molecule has 0 fully saturated rings. The van der Waals surface area contributed by atoms with E-state index in [2.05, 4.69) is 20.8 Å². The van der Waals surface area contributed by atoms with Crippen molar-refractivity contribution in [1.82, 2.24) is 25.4 Å². The van der Waals surface area contributed by atoms with Crippen LogP contribution in [0.25, 0.3) is 0 Å². The highest BCUT2D eigenvalue weighted by molar-refractivity contribution is 7.99. The first-order valence-corrected chi connectivity index (χ1v) is 11.5. The van der Waals surface area contributed by atoms with Crippen LogP contribution in [-0.4, -0.2) is 32.3 Å². The third kappa shape index (κ3) is 6.20. The molecule has 0 unspecified atom stereocenters. The molecule has 8 heteroatoms. The van der Waals surface area contributed by atoms with Crippen molar-refractivity contribution in [3.05, 3.63) is 77.1 Å². The molecule has 3 aromatic rings. The van der Waals surface area contributed by atoms with Crippen LogP contribution in [0.5, 0.6) is 0 Å². The predicted octanol–water partition coefficient (Wildman–Crippen LogP) is 3.66. The van der Waals surface area contributed by atoms with Crippen molar-refractivity contribution in [2.45, 2.75) is 38.5 Å². The number of thioether (sulfide) groups is 1. The Morgan fingerprint density at radius 1 is 1.06 bits per heavy atom. The fourth-order valence-corrected chi connectivity index (χ4v) is 3.99. The fourth-order valence-electron chi connectivity index (χ4n) is 3.24. The van der Waals surface area contributed by atoms with E-state index < -0.39 is 0 Å². The van der Waals surface area contributed by atoms with E-state index in [1.54, 1.807) is 6.07 Å². The molecule has 2 aromatic carbocycles. The van der Waals surface area contributed by atoms with Crippen LogP contribution in [0.4, 0.5) is 0 Å². The molecule has 0 saturated heterocycles. The highest BCUT2D eigenvalue weighted by Gasteiger charge is 2.25. The predicted molar refractivity (Wildman–Crippen MR) is 126 cm³/mol. The van der Waals surface area contributed by atoms with Crippen molar-refractivity contribution >= 4 is 23.6 Å². The van der Waals surface area contributed by atoms with Gasteiger partial charge in [0, 0.05) is 19.2 Å². The molecule has 32 heavy (non-hydrogen) atoms. The van der Waals surface area contributed by atoms with Gasteiger partial charge in [0.1, 0.15) is 0 Å². The maximum Gasteiger partial charge on any atom is 0.251 e. The zero-order chi connectivity index (χ0) is 23.1. The molecule has 1 heterocycles. The third-order valence-corrected chi connectivity index (χ3v) is 6.07. The summed E-state index contributed by atoms with van der Waals surface area (Å²) in [7, 11) is 1.85. The summed E-state index contributed by atoms with van der Waals surface area (Å²) in [4.78, 5) is 25.0. The molecule has 0 aliphatic rings. The summed E-state index contributed by atoms with van der Waals surface area (Å²) < 4.78 is 1.84. The van der Waals surface area contributed by atoms with Crippen molar-refractivity contribution < 1.29 is 9.59 Å². The number of nitrogens with one attached hydrogen (secondary N) is 2. The Kier molecular flexibility index (Phi) is 8.05. The lowest BCUT2D eigenvalue weighted by Crippen LogP contribution is -2.33. The lowest BCUT2D eigenvalue weighted by molar-refractivity contribution is -0.118. The standard InChI is InChI=1S/C24H29N5O2S/c1-16(2)21(26-23(31)19-12-8-9-17(3)13-19)22-27-28-24(29(22)4)32-15-20(30)25-14-18-10-6-5-7-11-18/h5-13,16,21H,14-15H2,1-4H3,(H,25,30)(H,26,31)/t21-/m1/s1. The molecule has 0 bridgehead atoms. The van der Waals surface area contributed by atoms with Gasteiger partial charge in [-0.1, -0.05) is 73.6 Å². The molecule has 2 N–H and O–H groups in total. The molecule has 0 radical (unpaired) electrons. The van der Waals surface area contributed by atoms with E-state index in [4.69, 9.17) is 0 Å². The Morgan fingerprint density at radius 2 is 1.81 bits per heavy atom. The summed E-state index contributed by atoms with van der Waals surface area (Å²) >= 11 is 1.32. The van der Waals surface area contributed by atoms with Crippen LogP contribution in [0.1, 0.15) is 47.2 Å². The largest absolute Gasteiger partial charge is 0.351 e. The second-order valence-electron chi connectivity index (χ2n) is 8.02. The Labute approximate surface area is 193 Å². The van der Waals surface area contributed by atoms with Gasteiger partial charge in [0.2, 0.25) is 5.91 Å². The summed E-state index contributed by atoms with van der Waals surface area (Å²) in [5.41, 5.74) is 2.69. The first-order chi connectivity index (χ1) is 15.3. The molecule has 7 nitrogen and oxygen atoms in total. The molecule has 0 aliphatic heterocycles. The Morgan fingerprint density at radius 3 is 2.50 bits per heavy atom. The van der Waals surface area contributed by atoms with E-state index in [9.17, 15) is 9.59 Å². The molecule has 1 atom stereocenters. The van der Waals surface area contributed by atoms with Crippen LogP contribution in [0.3, 0.4) is 0 Å². The number of rotatable bonds is 9. The van der Waals surface area contributed by atoms with Crippen molar-refractivity contribution in [3.8, 4) is 0 Å². The normalized spacial score (nSPS) is 11.9. The van der Waals surface area contributed by atoms with Gasteiger partial charge >= 0.3 is 0 Å². The second-order valence-corrected chi connectivity index (χ2v) is 8.96. The van der Waals surface area contributed by atoms with Crippen LogP contribution < -0.4 is 10.6 Å². The van der Waals surface area contributed by atoms with Crippen molar-refractivity contribution in [2.24, 2.45) is 13.0 Å². The number of hydrogen-bond acceptors (Lipinski definition) is 5. The lowest BCUT2D eigenvalue weighted by Gasteiger charge is -2.21. The van der Waals surface area contributed by atoms with Gasteiger partial charge in [0.25, 0.3) is 5.91 Å². The van der Waals surface area contributed by atoms with E-state index >= 15 is 0 Å². The van der Waals surface area contributed by atoms with Gasteiger partial charge < -0.3 is 15.2 Å². The van der Waals surface area contributed by atoms with Gasteiger partial charge in [0.15, 0.2) is 11.0 Å². The van der Waals surface area contributed by atoms with E-state index in [1.807, 2.05) is 80.9 Å². The quantitative estimate of drug-likeness (QED) is 0.485. The number of hydrogen-bond donors (Lipinski definition) is 2. The first-order valence-electron chi connectivity index (χ1n) is 10.6. The molecule has 168 valence electrons. The van der Waals surface area contributed by atoms with Gasteiger partial charge in [-0.25, -0.2) is 0 Å². The van der Waals surface area contributed by atoms with E-state index in [1.165, 1.54) is 11.8 Å². The first kappa shape index (κ1) is 23.5. The summed E-state index contributed by atoms with van der Waals surface area (Å²) in [6.45, 7) is 6.50. The van der Waals surface area contributed by atoms with Gasteiger partial charge in [-0.3, -0.25) is 9.59 Å². The second kappa shape index (κ2) is 10.9. The van der Waals surface area contributed by atoms with Crippen LogP contribution in [0.2, 0.25) is 0 Å². The van der Waals surface area contributed by atoms with Crippen LogP contribution in [0.15, 0.2) is 59.8 Å². The van der Waals surface area contributed by atoms with Crippen molar-refractivity contribution in [1.29, 1.82) is 0 Å². The van der Waals surface area contributed by atoms with E-state index in [-0.39, 0.29) is 29.5 Å². The maximum atomic E-state index is 12.8. The number of carbonyl (C=O) groups is 2. The number of aryl methyl sites for hydroxylation is 1. The minimum Gasteiger partial charge on any atom is -0.351 e. The van der Waals surface area contributed by atoms with E-state index in [0.717, 1.165) is 11.1 Å². The van der Waals surface area contributed by atoms with E-state index in [0.29, 0.717) is 23.1 Å². The van der Waals surface area contributed by atoms with Crippen LogP contribution in [-0.2, 0) is 18.4 Å². The highest BCUT2D eigenvalue weighted by Crippen LogP contribution is 2.24. The van der Waals surface area contributed by atoms with Gasteiger partial charge in [-0.05, 0) is 30.5 Å². The zero-order valence-corrected chi connectivity index (χ0v) is 19.6. The average Bonchev–Trinajstić information content (AvgIpc) is 3.14. The monoisotopic (exact) mass is 451 g/mol. The molecular formula is C24H29N5O2S. The number of carbonyl (C=O) groups excluding carboxylic acids is 2. The SMILES string of the molecule is Cc1cccc(C(=O)N[C@@H](c2nnc(SCC(=O)NCc3ccccc3)n2C)C(C)C)c1. The maximum absolute atomic E-state index is 12.8. The summed E-state index contributed by atoms with van der Waals surface area (Å²) in [5.74, 6) is 0.786. The van der Waals surface area contributed by atoms with Crippen molar-refractivity contribution in [2.75, 3.05) is 5.75 Å². The summed E-state index contributed by atoms with van der Waals surface area (Å²) in [6, 6.07) is 17.0. The van der Waals surface area contributed by atoms with Crippen LogP contribution >= 0.6 is 11.8 Å². The minimum absolute atomic E-state index is 0.0726. The molecular weight excluding hydrogens is 422 g/mol. The topological polar surface area (TPSA) is 88.9 Å². The number of nitrogens with zero attached hydrogens (tertiary/aromatic N) is 3. The summed E-state index contributed by atoms with van der Waals surface area (Å²) in [6.07, 6.45) is 0. The van der Waals surface area contributed by atoms with Crippen LogP contribution in [0, 0.1) is 12.8 Å². The van der Waals surface area contributed by atoms with Gasteiger partial charge in [0.05, 0.1) is 11.8 Å². The Bertz CT molecular complexity index is 1070. The molecule has 0 spiro atoms. The molecule has 3 rings (SSSR count). The fraction of sp³-hybridized carbons (Fsp3) is 0.333. The number of benzene rings is 2. The van der Waals surface area contributed by atoms with Gasteiger partial charge in [-0.2, -0.15) is 0 Å².